The summed E-state index contributed by atoms with van der Waals surface area (Å²) in [4.78, 5) is 16.6. The van der Waals surface area contributed by atoms with Crippen LogP contribution in [-0.4, -0.2) is 28.2 Å². The molecule has 1 aliphatic heterocycles. The van der Waals surface area contributed by atoms with Crippen molar-refractivity contribution in [2.75, 3.05) is 6.61 Å². The van der Waals surface area contributed by atoms with Gasteiger partial charge < -0.3 is 14.6 Å². The summed E-state index contributed by atoms with van der Waals surface area (Å²) in [7, 11) is 1.84. The molecule has 1 aliphatic rings. The van der Waals surface area contributed by atoms with Crippen molar-refractivity contribution < 1.29 is 13.9 Å². The molecule has 1 aromatic heterocycles. The minimum Gasteiger partial charge on any atom is -0.368 e. The summed E-state index contributed by atoms with van der Waals surface area (Å²) >= 11 is 0. The van der Waals surface area contributed by atoms with Crippen LogP contribution in [0.15, 0.2) is 36.7 Å². The van der Waals surface area contributed by atoms with Crippen molar-refractivity contribution in [3.05, 3.63) is 53.9 Å². The van der Waals surface area contributed by atoms with Gasteiger partial charge in [-0.1, -0.05) is 12.1 Å². The zero-order valence-electron chi connectivity index (χ0n) is 12.3. The predicted octanol–water partition coefficient (Wildman–Crippen LogP) is 1.94. The predicted molar refractivity (Wildman–Crippen MR) is 78.6 cm³/mol. The van der Waals surface area contributed by atoms with E-state index in [9.17, 15) is 9.18 Å². The average Bonchev–Trinajstić information content (AvgIpc) is 3.16. The number of nitrogens with zero attached hydrogens (tertiary/aromatic N) is 2. The van der Waals surface area contributed by atoms with Crippen LogP contribution in [0.5, 0.6) is 0 Å². The first-order chi connectivity index (χ1) is 10.6. The zero-order chi connectivity index (χ0) is 15.5. The number of carbonyl (C=O) groups is 1. The lowest BCUT2D eigenvalue weighted by Gasteiger charge is -2.21. The van der Waals surface area contributed by atoms with Crippen molar-refractivity contribution in [3.63, 3.8) is 0 Å². The van der Waals surface area contributed by atoms with Crippen molar-refractivity contribution in [3.8, 4) is 0 Å². The van der Waals surface area contributed by atoms with Crippen LogP contribution in [0, 0.1) is 5.82 Å². The molecule has 22 heavy (non-hydrogen) atoms. The summed E-state index contributed by atoms with van der Waals surface area (Å²) in [6.07, 6.45) is 4.60. The van der Waals surface area contributed by atoms with Gasteiger partial charge in [0.2, 0.25) is 5.91 Å². The molecule has 0 bridgehead atoms. The number of hydrogen-bond donors (Lipinski definition) is 1. The fourth-order valence-electron chi connectivity index (χ4n) is 2.66. The first-order valence-corrected chi connectivity index (χ1v) is 7.30. The fourth-order valence-corrected chi connectivity index (χ4v) is 2.66. The Labute approximate surface area is 128 Å². The number of aromatic nitrogens is 2. The molecule has 6 heteroatoms. The van der Waals surface area contributed by atoms with E-state index in [1.807, 2.05) is 11.6 Å². The molecule has 1 saturated heterocycles. The molecule has 2 atom stereocenters. The van der Waals surface area contributed by atoms with E-state index in [0.29, 0.717) is 24.4 Å². The van der Waals surface area contributed by atoms with Crippen molar-refractivity contribution in [1.82, 2.24) is 14.9 Å². The Kier molecular flexibility index (Phi) is 4.20. The van der Waals surface area contributed by atoms with Crippen LogP contribution in [0.3, 0.4) is 0 Å². The van der Waals surface area contributed by atoms with Gasteiger partial charge in [0, 0.05) is 26.0 Å². The van der Waals surface area contributed by atoms with Crippen LogP contribution in [-0.2, 0) is 16.6 Å². The minimum absolute atomic E-state index is 0.185. The first kappa shape index (κ1) is 14.7. The number of aryl methyl sites for hydroxylation is 1. The maximum absolute atomic E-state index is 13.5. The molecule has 0 radical (unpaired) electrons. The first-order valence-electron chi connectivity index (χ1n) is 7.30. The Hall–Kier alpha value is -2.21. The summed E-state index contributed by atoms with van der Waals surface area (Å²) in [6.45, 7) is 0.602. The van der Waals surface area contributed by atoms with Gasteiger partial charge in [-0.25, -0.2) is 9.37 Å². The number of imidazole rings is 1. The van der Waals surface area contributed by atoms with Crippen LogP contribution < -0.4 is 5.32 Å². The molecule has 0 spiro atoms. The van der Waals surface area contributed by atoms with Crippen molar-refractivity contribution in [2.45, 2.75) is 25.0 Å². The van der Waals surface area contributed by atoms with Crippen molar-refractivity contribution in [1.29, 1.82) is 0 Å². The second-order valence-electron chi connectivity index (χ2n) is 5.39. The molecule has 1 N–H and O–H groups in total. The molecule has 2 aromatic rings. The van der Waals surface area contributed by atoms with Gasteiger partial charge in [0.05, 0.1) is 0 Å². The van der Waals surface area contributed by atoms with Crippen LogP contribution in [0.1, 0.15) is 30.3 Å². The Bertz CT molecular complexity index is 665. The Balaban J connectivity index is 1.89. The van der Waals surface area contributed by atoms with Gasteiger partial charge >= 0.3 is 0 Å². The highest BCUT2D eigenvalue weighted by atomic mass is 19.1. The lowest BCUT2D eigenvalue weighted by molar-refractivity contribution is -0.130. The van der Waals surface area contributed by atoms with Crippen LogP contribution >= 0.6 is 0 Å². The van der Waals surface area contributed by atoms with E-state index < -0.39 is 12.1 Å². The van der Waals surface area contributed by atoms with E-state index in [0.717, 1.165) is 6.42 Å². The number of amides is 1. The molecule has 1 amide bonds. The Morgan fingerprint density at radius 3 is 3.05 bits per heavy atom. The Morgan fingerprint density at radius 1 is 1.55 bits per heavy atom. The minimum atomic E-state index is -0.507. The second-order valence-corrected chi connectivity index (χ2v) is 5.39. The van der Waals surface area contributed by atoms with E-state index in [2.05, 4.69) is 10.3 Å². The highest BCUT2D eigenvalue weighted by molar-refractivity contribution is 5.81. The molecule has 1 fully saturated rings. The number of carbonyl (C=O) groups excluding carboxylic acids is 1. The molecule has 2 heterocycles. The standard InChI is InChI=1S/C16H18FN3O2/c1-20-8-7-18-15(20)14(11-4-2-5-12(17)10-11)19-16(21)13-6-3-9-22-13/h2,4-5,7-8,10,13-14H,3,6,9H2,1H3,(H,19,21)/t13-,14-/m1/s1. The molecule has 0 aliphatic carbocycles. The zero-order valence-corrected chi connectivity index (χ0v) is 12.3. The monoisotopic (exact) mass is 303 g/mol. The second kappa shape index (κ2) is 6.27. The third kappa shape index (κ3) is 3.01. The topological polar surface area (TPSA) is 56.2 Å². The van der Waals surface area contributed by atoms with E-state index in [-0.39, 0.29) is 11.7 Å². The number of hydrogen-bond acceptors (Lipinski definition) is 3. The number of ether oxygens (including phenoxy) is 1. The van der Waals surface area contributed by atoms with Crippen molar-refractivity contribution in [2.24, 2.45) is 7.05 Å². The highest BCUT2D eigenvalue weighted by Crippen LogP contribution is 2.22. The summed E-state index contributed by atoms with van der Waals surface area (Å²) < 4.78 is 20.8. The maximum Gasteiger partial charge on any atom is 0.249 e. The molecule has 3 rings (SSSR count). The van der Waals surface area contributed by atoms with Gasteiger partial charge in [-0.3, -0.25) is 4.79 Å². The van der Waals surface area contributed by atoms with Gasteiger partial charge in [0.1, 0.15) is 23.8 Å². The normalized spacial score (nSPS) is 19.1. The number of benzene rings is 1. The SMILES string of the molecule is Cn1ccnc1[C@H](NC(=O)[C@H]1CCCO1)c1cccc(F)c1. The number of nitrogens with one attached hydrogen (secondary N) is 1. The van der Waals surface area contributed by atoms with Gasteiger partial charge in [-0.15, -0.1) is 0 Å². The third-order valence-corrected chi connectivity index (χ3v) is 3.81. The fraction of sp³-hybridized carbons (Fsp3) is 0.375. The molecule has 1 aromatic carbocycles. The van der Waals surface area contributed by atoms with E-state index in [4.69, 9.17) is 4.74 Å². The molecular weight excluding hydrogens is 285 g/mol. The van der Waals surface area contributed by atoms with Gasteiger partial charge in [0.15, 0.2) is 0 Å². The van der Waals surface area contributed by atoms with E-state index in [1.165, 1.54) is 12.1 Å². The summed E-state index contributed by atoms with van der Waals surface area (Å²) in [6, 6.07) is 5.68. The lowest BCUT2D eigenvalue weighted by atomic mass is 10.1. The molecule has 116 valence electrons. The van der Waals surface area contributed by atoms with Crippen LogP contribution in [0.4, 0.5) is 4.39 Å². The molecule has 5 nitrogen and oxygen atoms in total. The summed E-state index contributed by atoms with van der Waals surface area (Å²) in [5.41, 5.74) is 0.653. The smallest absolute Gasteiger partial charge is 0.249 e. The highest BCUT2D eigenvalue weighted by Gasteiger charge is 2.28. The maximum atomic E-state index is 13.5. The molecule has 0 saturated carbocycles. The third-order valence-electron chi connectivity index (χ3n) is 3.81. The van der Waals surface area contributed by atoms with Crippen LogP contribution in [0.2, 0.25) is 0 Å². The number of halogens is 1. The van der Waals surface area contributed by atoms with Gasteiger partial charge in [-0.2, -0.15) is 0 Å². The lowest BCUT2D eigenvalue weighted by Crippen LogP contribution is -2.38. The molecule has 0 unspecified atom stereocenters. The van der Waals surface area contributed by atoms with E-state index >= 15 is 0 Å². The number of rotatable bonds is 4. The van der Waals surface area contributed by atoms with Crippen molar-refractivity contribution >= 4 is 5.91 Å². The summed E-state index contributed by atoms with van der Waals surface area (Å²) in [5.74, 6) is 0.120. The largest absolute Gasteiger partial charge is 0.368 e. The van der Waals surface area contributed by atoms with Gasteiger partial charge in [-0.05, 0) is 30.5 Å². The van der Waals surface area contributed by atoms with E-state index in [1.54, 1.807) is 24.5 Å². The Morgan fingerprint density at radius 2 is 2.41 bits per heavy atom. The quantitative estimate of drug-likeness (QED) is 0.939. The molecular formula is C16H18FN3O2. The summed E-state index contributed by atoms with van der Waals surface area (Å²) in [5, 5.41) is 2.93. The van der Waals surface area contributed by atoms with Gasteiger partial charge in [0.25, 0.3) is 0 Å². The van der Waals surface area contributed by atoms with Crippen LogP contribution in [0.25, 0.3) is 0 Å². The average molecular weight is 303 g/mol.